The predicted molar refractivity (Wildman–Crippen MR) is 125 cm³/mol. The van der Waals surface area contributed by atoms with E-state index in [1.807, 2.05) is 36.5 Å². The zero-order valence-electron chi connectivity index (χ0n) is 18.7. The number of benzene rings is 1. The van der Waals surface area contributed by atoms with E-state index in [0.717, 1.165) is 23.4 Å². The van der Waals surface area contributed by atoms with Gasteiger partial charge in [0.2, 0.25) is 11.8 Å². The minimum Gasteiger partial charge on any atom is -0.470 e. The third-order valence-electron chi connectivity index (χ3n) is 5.63. The summed E-state index contributed by atoms with van der Waals surface area (Å²) in [6.07, 6.45) is 5.27. The Labute approximate surface area is 192 Å². The van der Waals surface area contributed by atoms with Crippen LogP contribution < -0.4 is 20.7 Å². The van der Waals surface area contributed by atoms with Gasteiger partial charge in [-0.1, -0.05) is 19.1 Å². The number of pyridine rings is 1. The summed E-state index contributed by atoms with van der Waals surface area (Å²) < 4.78 is 7.66. The van der Waals surface area contributed by atoms with E-state index in [0.29, 0.717) is 30.5 Å². The summed E-state index contributed by atoms with van der Waals surface area (Å²) >= 11 is 0. The van der Waals surface area contributed by atoms with Gasteiger partial charge in [-0.3, -0.25) is 9.48 Å². The number of rotatable bonds is 8. The molecule has 170 valence electrons. The van der Waals surface area contributed by atoms with E-state index in [4.69, 9.17) is 10.00 Å². The van der Waals surface area contributed by atoms with Crippen LogP contribution in [0, 0.1) is 11.3 Å². The van der Waals surface area contributed by atoms with Gasteiger partial charge in [0.1, 0.15) is 12.6 Å². The number of anilines is 1. The maximum absolute atomic E-state index is 11.5. The van der Waals surface area contributed by atoms with E-state index >= 15 is 0 Å². The van der Waals surface area contributed by atoms with Gasteiger partial charge in [-0.2, -0.15) is 10.4 Å². The monoisotopic (exact) mass is 445 g/mol. The molecular weight excluding hydrogens is 418 g/mol. The molecule has 1 aliphatic heterocycles. The molecule has 1 aromatic carbocycles. The molecule has 2 atom stereocenters. The fourth-order valence-electron chi connectivity index (χ4n) is 3.66. The molecule has 3 aromatic rings. The van der Waals surface area contributed by atoms with Crippen LogP contribution in [0.1, 0.15) is 24.0 Å². The standard InChI is InChI=1S/C24H27N7O2/c1-16(18-5-3-17(8-25)4-6-18)9-27-12-21-13-28-22-7-19(10-29-24(22)33-21)20-11-30-31(14-20)15-23(32)26-2/h3-7,10-11,14,16,21,27-28H,9,12-13,15H2,1-2H3,(H,26,32). The number of aromatic nitrogens is 3. The first-order valence-corrected chi connectivity index (χ1v) is 10.9. The topological polar surface area (TPSA) is 117 Å². The van der Waals surface area contributed by atoms with Crippen LogP contribution >= 0.6 is 0 Å². The van der Waals surface area contributed by atoms with Gasteiger partial charge in [0, 0.05) is 43.7 Å². The molecule has 3 heterocycles. The number of carbonyl (C=O) groups is 1. The van der Waals surface area contributed by atoms with Crippen LogP contribution in [0.25, 0.3) is 11.1 Å². The number of nitrogens with one attached hydrogen (secondary N) is 3. The molecule has 0 saturated carbocycles. The largest absolute Gasteiger partial charge is 0.470 e. The van der Waals surface area contributed by atoms with E-state index < -0.39 is 0 Å². The molecule has 1 aliphatic rings. The molecule has 0 spiro atoms. The molecule has 9 nitrogen and oxygen atoms in total. The van der Waals surface area contributed by atoms with Crippen molar-refractivity contribution in [2.45, 2.75) is 25.5 Å². The van der Waals surface area contributed by atoms with E-state index in [-0.39, 0.29) is 18.6 Å². The van der Waals surface area contributed by atoms with Crippen LogP contribution in [-0.4, -0.2) is 53.5 Å². The van der Waals surface area contributed by atoms with Gasteiger partial charge < -0.3 is 20.7 Å². The fourth-order valence-corrected chi connectivity index (χ4v) is 3.66. The van der Waals surface area contributed by atoms with Gasteiger partial charge in [0.05, 0.1) is 30.1 Å². The Morgan fingerprint density at radius 1 is 1.33 bits per heavy atom. The van der Waals surface area contributed by atoms with Crippen molar-refractivity contribution in [1.82, 2.24) is 25.4 Å². The average molecular weight is 446 g/mol. The Morgan fingerprint density at radius 3 is 2.91 bits per heavy atom. The molecule has 4 rings (SSSR count). The second kappa shape index (κ2) is 10.1. The zero-order valence-corrected chi connectivity index (χ0v) is 18.7. The minimum atomic E-state index is -0.103. The van der Waals surface area contributed by atoms with Crippen LogP contribution in [0.5, 0.6) is 5.88 Å². The second-order valence-electron chi connectivity index (χ2n) is 8.09. The predicted octanol–water partition coefficient (Wildman–Crippen LogP) is 2.13. The number of fused-ring (bicyclic) bond motifs is 1. The minimum absolute atomic E-state index is 0.0284. The number of carbonyl (C=O) groups excluding carboxylic acids is 1. The lowest BCUT2D eigenvalue weighted by Crippen LogP contribution is -2.40. The number of nitriles is 1. The van der Waals surface area contributed by atoms with Crippen molar-refractivity contribution in [1.29, 1.82) is 5.26 Å². The lowest BCUT2D eigenvalue weighted by atomic mass is 10.00. The summed E-state index contributed by atoms with van der Waals surface area (Å²) in [5, 5.41) is 22.6. The number of hydrogen-bond donors (Lipinski definition) is 3. The third kappa shape index (κ3) is 5.48. The maximum atomic E-state index is 11.5. The highest BCUT2D eigenvalue weighted by molar-refractivity contribution is 5.75. The number of nitrogens with zero attached hydrogens (tertiary/aromatic N) is 4. The smallest absolute Gasteiger partial charge is 0.241 e. The van der Waals surface area contributed by atoms with E-state index in [1.54, 1.807) is 24.1 Å². The molecule has 2 unspecified atom stereocenters. The number of ether oxygens (including phenoxy) is 1. The van der Waals surface area contributed by atoms with Crippen molar-refractivity contribution in [3.05, 3.63) is 60.0 Å². The van der Waals surface area contributed by atoms with Crippen LogP contribution in [0.15, 0.2) is 48.9 Å². The van der Waals surface area contributed by atoms with Crippen molar-refractivity contribution in [2.24, 2.45) is 0 Å². The molecular formula is C24H27N7O2. The third-order valence-corrected chi connectivity index (χ3v) is 5.63. The van der Waals surface area contributed by atoms with Gasteiger partial charge in [0.15, 0.2) is 0 Å². The molecule has 0 saturated heterocycles. The lowest BCUT2D eigenvalue weighted by molar-refractivity contribution is -0.121. The molecule has 9 heteroatoms. The number of likely N-dealkylation sites (N-methyl/N-ethyl adjacent to an activating group) is 1. The molecule has 1 amide bonds. The highest BCUT2D eigenvalue weighted by Crippen LogP contribution is 2.31. The van der Waals surface area contributed by atoms with Crippen molar-refractivity contribution in [3.8, 4) is 23.1 Å². The summed E-state index contributed by atoms with van der Waals surface area (Å²) in [6.45, 7) is 4.51. The lowest BCUT2D eigenvalue weighted by Gasteiger charge is -2.27. The highest BCUT2D eigenvalue weighted by Gasteiger charge is 2.21. The van der Waals surface area contributed by atoms with Crippen molar-refractivity contribution >= 4 is 11.6 Å². The van der Waals surface area contributed by atoms with Crippen molar-refractivity contribution in [3.63, 3.8) is 0 Å². The first-order chi connectivity index (χ1) is 16.1. The molecule has 3 N–H and O–H groups in total. The Hall–Kier alpha value is -3.90. The Kier molecular flexibility index (Phi) is 6.86. The summed E-state index contributed by atoms with van der Waals surface area (Å²) in [6, 6.07) is 11.8. The van der Waals surface area contributed by atoms with Crippen LogP contribution in [-0.2, 0) is 11.3 Å². The number of amides is 1. The summed E-state index contributed by atoms with van der Waals surface area (Å²) in [5.41, 5.74) is 4.50. The highest BCUT2D eigenvalue weighted by atomic mass is 16.5. The molecule has 0 bridgehead atoms. The molecule has 0 radical (unpaired) electrons. The first kappa shape index (κ1) is 22.3. The summed E-state index contributed by atoms with van der Waals surface area (Å²) in [7, 11) is 1.60. The Balaban J connectivity index is 1.30. The number of hydrogen-bond acceptors (Lipinski definition) is 7. The zero-order chi connectivity index (χ0) is 23.2. The van der Waals surface area contributed by atoms with E-state index in [1.165, 1.54) is 5.56 Å². The van der Waals surface area contributed by atoms with Crippen LogP contribution in [0.4, 0.5) is 5.69 Å². The van der Waals surface area contributed by atoms with Gasteiger partial charge in [-0.25, -0.2) is 4.98 Å². The quantitative estimate of drug-likeness (QED) is 0.486. The van der Waals surface area contributed by atoms with Crippen molar-refractivity contribution < 1.29 is 9.53 Å². The normalized spacial score (nSPS) is 15.5. The second-order valence-corrected chi connectivity index (χ2v) is 8.09. The molecule has 0 aliphatic carbocycles. The fraction of sp³-hybridized carbons (Fsp3) is 0.333. The van der Waals surface area contributed by atoms with E-state index in [9.17, 15) is 4.79 Å². The van der Waals surface area contributed by atoms with Crippen LogP contribution in [0.2, 0.25) is 0 Å². The maximum Gasteiger partial charge on any atom is 0.241 e. The van der Waals surface area contributed by atoms with Gasteiger partial charge in [-0.05, 0) is 29.7 Å². The summed E-state index contributed by atoms with van der Waals surface area (Å²) in [5.74, 6) is 0.801. The molecule has 33 heavy (non-hydrogen) atoms. The van der Waals surface area contributed by atoms with Gasteiger partial charge >= 0.3 is 0 Å². The van der Waals surface area contributed by atoms with Gasteiger partial charge in [0.25, 0.3) is 0 Å². The van der Waals surface area contributed by atoms with Gasteiger partial charge in [-0.15, -0.1) is 0 Å². The Morgan fingerprint density at radius 2 is 2.15 bits per heavy atom. The van der Waals surface area contributed by atoms with Crippen LogP contribution in [0.3, 0.4) is 0 Å². The SMILES string of the molecule is CNC(=O)Cn1cc(-c2cnc3c(c2)NCC(CNCC(C)c2ccc(C#N)cc2)O3)cn1. The Bertz CT molecular complexity index is 1150. The first-order valence-electron chi connectivity index (χ1n) is 10.9. The summed E-state index contributed by atoms with van der Waals surface area (Å²) in [4.78, 5) is 16.0. The molecule has 0 fully saturated rings. The molecule has 2 aromatic heterocycles. The van der Waals surface area contributed by atoms with Crippen molar-refractivity contribution in [2.75, 3.05) is 32.0 Å². The van der Waals surface area contributed by atoms with E-state index in [2.05, 4.69) is 39.0 Å². The average Bonchev–Trinajstić information content (AvgIpc) is 3.32.